The summed E-state index contributed by atoms with van der Waals surface area (Å²) < 4.78 is 3.46. The minimum absolute atomic E-state index is 0.217. The number of aryl methyl sites for hydroxylation is 1. The molecule has 0 radical (unpaired) electrons. The number of nitrogens with one attached hydrogen (secondary N) is 1. The van der Waals surface area contributed by atoms with E-state index < -0.39 is 0 Å². The van der Waals surface area contributed by atoms with Gasteiger partial charge >= 0.3 is 0 Å². The van der Waals surface area contributed by atoms with Crippen LogP contribution in [0.5, 0.6) is 0 Å². The summed E-state index contributed by atoms with van der Waals surface area (Å²) in [6, 6.07) is 3.87. The Morgan fingerprint density at radius 1 is 1.14 bits per heavy atom. The van der Waals surface area contributed by atoms with E-state index in [2.05, 4.69) is 20.5 Å². The molecule has 110 valence electrons. The minimum atomic E-state index is 0.217. The van der Waals surface area contributed by atoms with E-state index in [1.54, 1.807) is 22.3 Å². The minimum Gasteiger partial charge on any atom is -0.371 e. The number of anilines is 2. The van der Waals surface area contributed by atoms with Gasteiger partial charge in [0, 0.05) is 30.6 Å². The fraction of sp³-hybridized carbons (Fsp3) is 0.143. The summed E-state index contributed by atoms with van der Waals surface area (Å²) in [5, 5.41) is 11.5. The number of rotatable bonds is 2. The van der Waals surface area contributed by atoms with Crippen LogP contribution >= 0.6 is 0 Å². The summed E-state index contributed by atoms with van der Waals surface area (Å²) in [7, 11) is 1.80. The van der Waals surface area contributed by atoms with Gasteiger partial charge in [-0.15, -0.1) is 5.10 Å². The van der Waals surface area contributed by atoms with Gasteiger partial charge in [-0.3, -0.25) is 0 Å². The van der Waals surface area contributed by atoms with Crippen molar-refractivity contribution >= 4 is 22.9 Å². The topological polar surface area (TPSA) is 98.4 Å². The summed E-state index contributed by atoms with van der Waals surface area (Å²) in [6.45, 7) is 1.99. The van der Waals surface area contributed by atoms with E-state index in [-0.39, 0.29) is 5.95 Å². The molecule has 0 spiro atoms. The molecule has 8 heteroatoms. The molecule has 0 aliphatic carbocycles. The molecule has 0 fully saturated rings. The molecule has 0 aromatic carbocycles. The molecule has 4 aromatic rings. The fourth-order valence-electron chi connectivity index (χ4n) is 2.56. The third kappa shape index (κ3) is 1.70. The van der Waals surface area contributed by atoms with Crippen LogP contribution in [0.3, 0.4) is 0 Å². The van der Waals surface area contributed by atoms with Crippen molar-refractivity contribution in [3.05, 3.63) is 36.3 Å². The van der Waals surface area contributed by atoms with Gasteiger partial charge in [0.1, 0.15) is 5.52 Å². The molecule has 0 aliphatic heterocycles. The van der Waals surface area contributed by atoms with Crippen molar-refractivity contribution in [2.24, 2.45) is 0 Å². The van der Waals surface area contributed by atoms with Crippen LogP contribution in [0.25, 0.3) is 22.4 Å². The van der Waals surface area contributed by atoms with Gasteiger partial charge in [-0.25, -0.2) is 14.0 Å². The molecule has 0 amide bonds. The van der Waals surface area contributed by atoms with Crippen molar-refractivity contribution in [1.29, 1.82) is 0 Å². The number of aromatic nitrogens is 6. The van der Waals surface area contributed by atoms with Gasteiger partial charge in [-0.2, -0.15) is 10.1 Å². The van der Waals surface area contributed by atoms with Gasteiger partial charge in [-0.1, -0.05) is 0 Å². The van der Waals surface area contributed by atoms with Crippen LogP contribution in [0.1, 0.15) is 5.56 Å². The second-order valence-electron chi connectivity index (χ2n) is 5.00. The van der Waals surface area contributed by atoms with Crippen molar-refractivity contribution in [3.63, 3.8) is 0 Å². The van der Waals surface area contributed by atoms with Gasteiger partial charge in [0.15, 0.2) is 11.5 Å². The smallest absolute Gasteiger partial charge is 0.240 e. The van der Waals surface area contributed by atoms with Gasteiger partial charge in [0.05, 0.1) is 11.9 Å². The number of hydrogen-bond donors (Lipinski definition) is 2. The lowest BCUT2D eigenvalue weighted by Crippen LogP contribution is -2.05. The molecule has 0 bridgehead atoms. The SMILES string of the molecule is CNc1nc(N)nn2ccc(-c3ccn4ncc(C)c4n3)c12. The Labute approximate surface area is 125 Å². The Bertz CT molecular complexity index is 997. The maximum Gasteiger partial charge on any atom is 0.240 e. The second-order valence-corrected chi connectivity index (χ2v) is 5.00. The third-order valence-corrected chi connectivity index (χ3v) is 3.59. The largest absolute Gasteiger partial charge is 0.371 e. The zero-order valence-electron chi connectivity index (χ0n) is 12.1. The maximum atomic E-state index is 5.72. The van der Waals surface area contributed by atoms with Crippen LogP contribution < -0.4 is 11.1 Å². The van der Waals surface area contributed by atoms with Crippen LogP contribution in [-0.4, -0.2) is 36.2 Å². The Kier molecular flexibility index (Phi) is 2.52. The van der Waals surface area contributed by atoms with E-state index >= 15 is 0 Å². The number of nitrogens with zero attached hydrogens (tertiary/aromatic N) is 6. The molecule has 0 unspecified atom stereocenters. The molecule has 22 heavy (non-hydrogen) atoms. The normalized spacial score (nSPS) is 11.4. The summed E-state index contributed by atoms with van der Waals surface area (Å²) in [4.78, 5) is 8.94. The Morgan fingerprint density at radius 2 is 1.95 bits per heavy atom. The van der Waals surface area contributed by atoms with Crippen molar-refractivity contribution in [2.45, 2.75) is 6.92 Å². The highest BCUT2D eigenvalue weighted by Gasteiger charge is 2.14. The van der Waals surface area contributed by atoms with Gasteiger partial charge < -0.3 is 11.1 Å². The molecule has 0 saturated heterocycles. The molecule has 4 rings (SSSR count). The molecule has 8 nitrogen and oxygen atoms in total. The quantitative estimate of drug-likeness (QED) is 0.579. The zero-order chi connectivity index (χ0) is 15.3. The zero-order valence-corrected chi connectivity index (χ0v) is 12.1. The van der Waals surface area contributed by atoms with Crippen LogP contribution in [0.2, 0.25) is 0 Å². The number of nitrogens with two attached hydrogens (primary N) is 1. The van der Waals surface area contributed by atoms with Crippen molar-refractivity contribution in [2.75, 3.05) is 18.1 Å². The summed E-state index contributed by atoms with van der Waals surface area (Å²) >= 11 is 0. The lowest BCUT2D eigenvalue weighted by molar-refractivity contribution is 0.918. The first-order valence-electron chi connectivity index (χ1n) is 6.81. The standard InChI is InChI=1S/C14H14N8/c1-8-7-17-22-6-4-10(18-13(8)22)9-3-5-21-11(9)12(16-2)19-14(15)20-21/h3-7H,1-2H3,(H3,15,16,19,20). The molecule has 4 heterocycles. The predicted octanol–water partition coefficient (Wildman–Crippen LogP) is 1.37. The summed E-state index contributed by atoms with van der Waals surface area (Å²) in [5.74, 6) is 0.883. The number of nitrogen functional groups attached to an aromatic ring is 1. The lowest BCUT2D eigenvalue weighted by Gasteiger charge is -2.06. The van der Waals surface area contributed by atoms with Gasteiger partial charge in [0.2, 0.25) is 5.95 Å². The molecular weight excluding hydrogens is 280 g/mol. The third-order valence-electron chi connectivity index (χ3n) is 3.59. The monoisotopic (exact) mass is 294 g/mol. The molecule has 0 saturated carbocycles. The van der Waals surface area contributed by atoms with Crippen molar-refractivity contribution in [3.8, 4) is 11.3 Å². The number of fused-ring (bicyclic) bond motifs is 2. The Hall–Kier alpha value is -3.16. The van der Waals surface area contributed by atoms with Crippen molar-refractivity contribution in [1.82, 2.24) is 29.2 Å². The average Bonchev–Trinajstić information content (AvgIpc) is 3.10. The highest BCUT2D eigenvalue weighted by atomic mass is 15.3. The maximum absolute atomic E-state index is 5.72. The first-order chi connectivity index (χ1) is 10.7. The molecular formula is C14H14N8. The van der Waals surface area contributed by atoms with Gasteiger partial charge in [0.25, 0.3) is 0 Å². The van der Waals surface area contributed by atoms with E-state index in [4.69, 9.17) is 10.7 Å². The van der Waals surface area contributed by atoms with Crippen LogP contribution in [0.4, 0.5) is 11.8 Å². The second kappa shape index (κ2) is 4.42. The van der Waals surface area contributed by atoms with Crippen LogP contribution in [-0.2, 0) is 0 Å². The highest BCUT2D eigenvalue weighted by Crippen LogP contribution is 2.28. The first-order valence-corrected chi connectivity index (χ1v) is 6.81. The van der Waals surface area contributed by atoms with E-state index in [9.17, 15) is 0 Å². The van der Waals surface area contributed by atoms with E-state index in [1.807, 2.05) is 31.5 Å². The summed E-state index contributed by atoms with van der Waals surface area (Å²) in [5.41, 5.74) is 10.2. The molecule has 3 N–H and O–H groups in total. The van der Waals surface area contributed by atoms with Crippen molar-refractivity contribution < 1.29 is 0 Å². The van der Waals surface area contributed by atoms with Crippen LogP contribution in [0, 0.1) is 6.92 Å². The van der Waals surface area contributed by atoms with Gasteiger partial charge in [-0.05, 0) is 19.1 Å². The Morgan fingerprint density at radius 3 is 2.77 bits per heavy atom. The Balaban J connectivity index is 2.01. The van der Waals surface area contributed by atoms with E-state index in [0.717, 1.165) is 28.0 Å². The fourth-order valence-corrected chi connectivity index (χ4v) is 2.56. The van der Waals surface area contributed by atoms with Crippen LogP contribution in [0.15, 0.2) is 30.7 Å². The lowest BCUT2D eigenvalue weighted by atomic mass is 10.2. The van der Waals surface area contributed by atoms with E-state index in [0.29, 0.717) is 5.82 Å². The average molecular weight is 294 g/mol. The highest BCUT2D eigenvalue weighted by molar-refractivity contribution is 5.87. The molecule has 0 aliphatic rings. The summed E-state index contributed by atoms with van der Waals surface area (Å²) in [6.07, 6.45) is 5.54. The first kappa shape index (κ1) is 12.6. The number of hydrogen-bond acceptors (Lipinski definition) is 6. The molecule has 0 atom stereocenters. The molecule has 4 aromatic heterocycles. The predicted molar refractivity (Wildman–Crippen MR) is 83.7 cm³/mol. The van der Waals surface area contributed by atoms with E-state index in [1.165, 1.54) is 0 Å².